The molecule has 0 aliphatic heterocycles. The molecule has 1 aromatic carbocycles. The first kappa shape index (κ1) is 10.7. The highest BCUT2D eigenvalue weighted by Crippen LogP contribution is 2.42. The van der Waals surface area contributed by atoms with Gasteiger partial charge in [0.2, 0.25) is 0 Å². The molecule has 1 atom stereocenters. The van der Waals surface area contributed by atoms with Crippen LogP contribution in [0.1, 0.15) is 36.8 Å². The molecular formula is C13H19NO. The lowest BCUT2D eigenvalue weighted by Gasteiger charge is -2.23. The molecule has 1 saturated carbocycles. The summed E-state index contributed by atoms with van der Waals surface area (Å²) in [5.41, 5.74) is 8.23. The minimum absolute atomic E-state index is 0.0337. The fourth-order valence-electron chi connectivity index (χ4n) is 1.98. The highest BCUT2D eigenvalue weighted by atomic mass is 16.3. The van der Waals surface area contributed by atoms with E-state index in [1.165, 1.54) is 24.0 Å². The summed E-state index contributed by atoms with van der Waals surface area (Å²) in [5, 5.41) is 9.18. The van der Waals surface area contributed by atoms with Crippen molar-refractivity contribution in [2.24, 2.45) is 5.73 Å². The lowest BCUT2D eigenvalue weighted by atomic mass is 9.90. The van der Waals surface area contributed by atoms with Crippen LogP contribution in [0.25, 0.3) is 0 Å². The second kappa shape index (κ2) is 3.95. The Labute approximate surface area is 91.1 Å². The molecule has 0 bridgehead atoms. The molecule has 1 fully saturated rings. The quantitative estimate of drug-likeness (QED) is 0.787. The Morgan fingerprint density at radius 3 is 2.67 bits per heavy atom. The third kappa shape index (κ3) is 2.58. The fourth-order valence-corrected chi connectivity index (χ4v) is 1.98. The molecule has 1 aliphatic rings. The van der Waals surface area contributed by atoms with Crippen molar-refractivity contribution >= 4 is 0 Å². The second-order valence-corrected chi connectivity index (χ2v) is 4.96. The van der Waals surface area contributed by atoms with Crippen molar-refractivity contribution in [3.63, 3.8) is 0 Å². The van der Waals surface area contributed by atoms with Gasteiger partial charge in [0.05, 0.1) is 6.61 Å². The summed E-state index contributed by atoms with van der Waals surface area (Å²) in [6.45, 7) is 1.93. The number of aliphatic hydroxyl groups is 1. The largest absolute Gasteiger partial charge is 0.394 e. The normalized spacial score (nSPS) is 19.9. The zero-order chi connectivity index (χ0) is 10.9. The number of aliphatic hydroxyl groups excluding tert-OH is 1. The van der Waals surface area contributed by atoms with Gasteiger partial charge >= 0.3 is 0 Å². The molecule has 82 valence electrons. The van der Waals surface area contributed by atoms with E-state index in [0.717, 1.165) is 12.3 Å². The summed E-state index contributed by atoms with van der Waals surface area (Å²) < 4.78 is 0. The average Bonchev–Trinajstić information content (AvgIpc) is 3.02. The molecule has 15 heavy (non-hydrogen) atoms. The molecule has 1 unspecified atom stereocenters. The van der Waals surface area contributed by atoms with E-state index in [0.29, 0.717) is 0 Å². The second-order valence-electron chi connectivity index (χ2n) is 4.96. The van der Waals surface area contributed by atoms with Crippen molar-refractivity contribution in [1.82, 2.24) is 0 Å². The lowest BCUT2D eigenvalue weighted by molar-refractivity contribution is 0.208. The van der Waals surface area contributed by atoms with Crippen LogP contribution in [0.5, 0.6) is 0 Å². The van der Waals surface area contributed by atoms with E-state index in [-0.39, 0.29) is 6.61 Å². The van der Waals surface area contributed by atoms with Gasteiger partial charge in [-0.3, -0.25) is 0 Å². The van der Waals surface area contributed by atoms with Crippen LogP contribution in [0, 0.1) is 0 Å². The molecule has 0 saturated heterocycles. The van der Waals surface area contributed by atoms with Crippen LogP contribution in [-0.2, 0) is 6.42 Å². The maximum atomic E-state index is 9.18. The minimum Gasteiger partial charge on any atom is -0.394 e. The van der Waals surface area contributed by atoms with Gasteiger partial charge in [0.25, 0.3) is 0 Å². The Bertz CT molecular complexity index is 342. The van der Waals surface area contributed by atoms with Crippen LogP contribution in [0.3, 0.4) is 0 Å². The SMILES string of the molecule is CC(N)(CO)Cc1ccccc1C1CC1. The van der Waals surface area contributed by atoms with E-state index in [9.17, 15) is 5.11 Å². The monoisotopic (exact) mass is 205 g/mol. The third-order valence-corrected chi connectivity index (χ3v) is 3.03. The van der Waals surface area contributed by atoms with Crippen molar-refractivity contribution in [3.05, 3.63) is 35.4 Å². The number of hydrogen-bond donors (Lipinski definition) is 2. The summed E-state index contributed by atoms with van der Waals surface area (Å²) in [7, 11) is 0. The molecule has 0 heterocycles. The molecule has 0 aromatic heterocycles. The van der Waals surface area contributed by atoms with Crippen LogP contribution in [-0.4, -0.2) is 17.3 Å². The fraction of sp³-hybridized carbons (Fsp3) is 0.538. The number of nitrogens with two attached hydrogens (primary N) is 1. The molecule has 0 amide bonds. The molecule has 0 radical (unpaired) electrons. The van der Waals surface area contributed by atoms with E-state index in [1.807, 2.05) is 6.92 Å². The van der Waals surface area contributed by atoms with E-state index in [2.05, 4.69) is 24.3 Å². The van der Waals surface area contributed by atoms with Crippen molar-refractivity contribution in [3.8, 4) is 0 Å². The molecule has 2 heteroatoms. The molecule has 1 aliphatic carbocycles. The van der Waals surface area contributed by atoms with Crippen LogP contribution >= 0.6 is 0 Å². The van der Waals surface area contributed by atoms with Crippen molar-refractivity contribution < 1.29 is 5.11 Å². The van der Waals surface area contributed by atoms with Crippen LogP contribution in [0.15, 0.2) is 24.3 Å². The summed E-state index contributed by atoms with van der Waals surface area (Å²) >= 11 is 0. The maximum Gasteiger partial charge on any atom is 0.0611 e. The molecule has 3 N–H and O–H groups in total. The standard InChI is InChI=1S/C13H19NO/c1-13(14,9-15)8-11-4-2-3-5-12(11)10-6-7-10/h2-5,10,15H,6-9,14H2,1H3. The first-order chi connectivity index (χ1) is 7.12. The Hall–Kier alpha value is -0.860. The molecule has 2 nitrogen and oxygen atoms in total. The summed E-state index contributed by atoms with van der Waals surface area (Å²) in [6, 6.07) is 8.47. The van der Waals surface area contributed by atoms with Gasteiger partial charge in [-0.1, -0.05) is 24.3 Å². The van der Waals surface area contributed by atoms with E-state index >= 15 is 0 Å². The molecule has 0 spiro atoms. The van der Waals surface area contributed by atoms with Gasteiger partial charge in [0.15, 0.2) is 0 Å². The smallest absolute Gasteiger partial charge is 0.0611 e. The van der Waals surface area contributed by atoms with Gasteiger partial charge in [-0.05, 0) is 43.2 Å². The Kier molecular flexibility index (Phi) is 2.81. The van der Waals surface area contributed by atoms with Crippen molar-refractivity contribution in [1.29, 1.82) is 0 Å². The van der Waals surface area contributed by atoms with Crippen LogP contribution in [0.2, 0.25) is 0 Å². The summed E-state index contributed by atoms with van der Waals surface area (Å²) in [4.78, 5) is 0. The van der Waals surface area contributed by atoms with Gasteiger partial charge in [-0.25, -0.2) is 0 Å². The van der Waals surface area contributed by atoms with Gasteiger partial charge in [0.1, 0.15) is 0 Å². The number of hydrogen-bond acceptors (Lipinski definition) is 2. The zero-order valence-electron chi connectivity index (χ0n) is 9.24. The Balaban J connectivity index is 2.20. The first-order valence-corrected chi connectivity index (χ1v) is 5.60. The van der Waals surface area contributed by atoms with Gasteiger partial charge in [-0.15, -0.1) is 0 Å². The topological polar surface area (TPSA) is 46.2 Å². The Morgan fingerprint density at radius 2 is 2.07 bits per heavy atom. The van der Waals surface area contributed by atoms with Gasteiger partial charge in [-0.2, -0.15) is 0 Å². The average molecular weight is 205 g/mol. The van der Waals surface area contributed by atoms with Gasteiger partial charge in [0, 0.05) is 5.54 Å². The minimum atomic E-state index is -0.495. The van der Waals surface area contributed by atoms with E-state index < -0.39 is 5.54 Å². The van der Waals surface area contributed by atoms with Crippen LogP contribution < -0.4 is 5.73 Å². The summed E-state index contributed by atoms with van der Waals surface area (Å²) in [6.07, 6.45) is 3.37. The van der Waals surface area contributed by atoms with Crippen molar-refractivity contribution in [2.45, 2.75) is 37.6 Å². The predicted molar refractivity (Wildman–Crippen MR) is 61.8 cm³/mol. The van der Waals surface area contributed by atoms with Gasteiger partial charge < -0.3 is 10.8 Å². The summed E-state index contributed by atoms with van der Waals surface area (Å²) in [5.74, 6) is 0.746. The van der Waals surface area contributed by atoms with E-state index in [4.69, 9.17) is 5.73 Å². The zero-order valence-corrected chi connectivity index (χ0v) is 9.24. The predicted octanol–water partition coefficient (Wildman–Crippen LogP) is 1.82. The molecule has 1 aromatic rings. The number of benzene rings is 1. The molecular weight excluding hydrogens is 186 g/mol. The first-order valence-electron chi connectivity index (χ1n) is 5.60. The third-order valence-electron chi connectivity index (χ3n) is 3.03. The molecule has 2 rings (SSSR count). The highest BCUT2D eigenvalue weighted by molar-refractivity contribution is 5.34. The number of rotatable bonds is 4. The maximum absolute atomic E-state index is 9.18. The highest BCUT2D eigenvalue weighted by Gasteiger charge is 2.27. The van der Waals surface area contributed by atoms with Crippen LogP contribution in [0.4, 0.5) is 0 Å². The van der Waals surface area contributed by atoms with Crippen molar-refractivity contribution in [2.75, 3.05) is 6.61 Å². The Morgan fingerprint density at radius 1 is 1.40 bits per heavy atom. The lowest BCUT2D eigenvalue weighted by Crippen LogP contribution is -2.42. The van der Waals surface area contributed by atoms with E-state index in [1.54, 1.807) is 0 Å².